The van der Waals surface area contributed by atoms with Gasteiger partial charge in [-0.05, 0) is 109 Å². The smallest absolute Gasteiger partial charge is 0.412 e. The summed E-state index contributed by atoms with van der Waals surface area (Å²) in [5.41, 5.74) is 7.34. The first kappa shape index (κ1) is 42.1. The van der Waals surface area contributed by atoms with Crippen molar-refractivity contribution in [2.24, 2.45) is 5.92 Å². The zero-order valence-corrected chi connectivity index (χ0v) is 36.8. The normalized spacial score (nSPS) is 18.6. The maximum absolute atomic E-state index is 13.0. The summed E-state index contributed by atoms with van der Waals surface area (Å²) in [5, 5.41) is 35.1. The quantitative estimate of drug-likeness (QED) is 0.0788. The molecule has 3 fully saturated rings. The molecular weight excluding hydrogens is 783 g/mol. The van der Waals surface area contributed by atoms with E-state index in [-0.39, 0.29) is 28.5 Å². The van der Waals surface area contributed by atoms with Crippen molar-refractivity contribution >= 4 is 48.1 Å². The van der Waals surface area contributed by atoms with Crippen molar-refractivity contribution < 1.29 is 19.4 Å². The molecule has 13 heteroatoms. The number of hydrogen-bond acceptors (Lipinski definition) is 8. The molecule has 9 rings (SSSR count). The number of allylic oxidation sites excluding steroid dienone is 1. The molecule has 1 amide bonds. The fraction of sp³-hybridized carbons (Fsp3) is 0.375. The SMILES string of the molecule is CC(C)(C)[Si](C)(C)O[C@H](CNCc1ccc2nn(CC/C=C/c3ccc(-c4ccccc4)c(N(C(=O)O)[C@H]4CN5CCC4CC5)c3)nc2c1)c1ccc(O)c2[nH]c(=O)ccc12. The number of aromatic amines is 1. The Bertz CT molecular complexity index is 2610. The summed E-state index contributed by atoms with van der Waals surface area (Å²) in [5.74, 6) is 0.388. The molecular formula is C48H57N7O5Si. The molecule has 3 aliphatic heterocycles. The van der Waals surface area contributed by atoms with Crippen LogP contribution in [0.1, 0.15) is 62.8 Å². The zero-order valence-electron chi connectivity index (χ0n) is 35.8. The highest BCUT2D eigenvalue weighted by molar-refractivity contribution is 6.74. The van der Waals surface area contributed by atoms with Gasteiger partial charge >= 0.3 is 6.09 Å². The second kappa shape index (κ2) is 17.4. The van der Waals surface area contributed by atoms with E-state index in [4.69, 9.17) is 14.6 Å². The molecule has 0 unspecified atom stereocenters. The number of nitrogens with zero attached hydrogens (tertiary/aromatic N) is 5. The van der Waals surface area contributed by atoms with E-state index >= 15 is 0 Å². The van der Waals surface area contributed by atoms with Gasteiger partial charge in [-0.1, -0.05) is 87.5 Å². The lowest BCUT2D eigenvalue weighted by Gasteiger charge is -2.48. The summed E-state index contributed by atoms with van der Waals surface area (Å²) in [7, 11) is -2.22. The van der Waals surface area contributed by atoms with Crippen molar-refractivity contribution in [1.82, 2.24) is 30.2 Å². The number of aromatic nitrogens is 4. The molecule has 5 heterocycles. The van der Waals surface area contributed by atoms with Gasteiger partial charge in [0.15, 0.2) is 8.32 Å². The van der Waals surface area contributed by atoms with E-state index in [0.717, 1.165) is 82.4 Å². The second-order valence-electron chi connectivity index (χ2n) is 18.1. The number of carbonyl (C=O) groups is 1. The molecule has 61 heavy (non-hydrogen) atoms. The van der Waals surface area contributed by atoms with Crippen molar-refractivity contribution in [2.75, 3.05) is 31.1 Å². The molecule has 0 spiro atoms. The highest BCUT2D eigenvalue weighted by Crippen LogP contribution is 2.42. The molecule has 12 nitrogen and oxygen atoms in total. The molecule has 3 aliphatic rings. The van der Waals surface area contributed by atoms with Gasteiger partial charge < -0.3 is 29.8 Å². The van der Waals surface area contributed by atoms with Gasteiger partial charge in [0.05, 0.1) is 29.9 Å². The summed E-state index contributed by atoms with van der Waals surface area (Å²) < 4.78 is 6.98. The van der Waals surface area contributed by atoms with Gasteiger partial charge in [0.1, 0.15) is 16.8 Å². The molecule has 2 atom stereocenters. The molecule has 318 valence electrons. The van der Waals surface area contributed by atoms with E-state index < -0.39 is 14.4 Å². The molecule has 4 aromatic carbocycles. The minimum Gasteiger partial charge on any atom is -0.506 e. The molecule has 2 bridgehead atoms. The first-order valence-electron chi connectivity index (χ1n) is 21.4. The molecule has 6 aromatic rings. The van der Waals surface area contributed by atoms with Crippen LogP contribution in [0.15, 0.2) is 102 Å². The summed E-state index contributed by atoms with van der Waals surface area (Å²) >= 11 is 0. The van der Waals surface area contributed by atoms with Crippen LogP contribution in [0.25, 0.3) is 39.1 Å². The monoisotopic (exact) mass is 839 g/mol. The van der Waals surface area contributed by atoms with Gasteiger partial charge in [0.25, 0.3) is 0 Å². The van der Waals surface area contributed by atoms with Gasteiger partial charge in [0, 0.05) is 36.7 Å². The van der Waals surface area contributed by atoms with Gasteiger partial charge in [0.2, 0.25) is 5.56 Å². The van der Waals surface area contributed by atoms with Crippen LogP contribution in [-0.4, -0.2) is 81.7 Å². The number of fused-ring (bicyclic) bond motifs is 5. The van der Waals surface area contributed by atoms with Gasteiger partial charge in [-0.3, -0.25) is 9.69 Å². The van der Waals surface area contributed by atoms with Crippen LogP contribution in [0.5, 0.6) is 5.75 Å². The summed E-state index contributed by atoms with van der Waals surface area (Å²) in [6.07, 6.45) is 5.69. The third-order valence-corrected chi connectivity index (χ3v) is 17.5. The summed E-state index contributed by atoms with van der Waals surface area (Å²) in [6.45, 7) is 15.6. The molecule has 0 saturated carbocycles. The van der Waals surface area contributed by atoms with E-state index in [9.17, 15) is 19.8 Å². The van der Waals surface area contributed by atoms with Gasteiger partial charge in [-0.15, -0.1) is 0 Å². The number of rotatable bonds is 14. The van der Waals surface area contributed by atoms with Crippen LogP contribution in [0.2, 0.25) is 18.1 Å². The first-order chi connectivity index (χ1) is 29.2. The number of piperidine rings is 3. The second-order valence-corrected chi connectivity index (χ2v) is 22.8. The minimum absolute atomic E-state index is 0.0207. The largest absolute Gasteiger partial charge is 0.506 e. The van der Waals surface area contributed by atoms with Gasteiger partial charge in [-0.25, -0.2) is 4.79 Å². The molecule has 0 radical (unpaired) electrons. The molecule has 3 saturated heterocycles. The number of benzene rings is 4. The molecule has 0 aliphatic carbocycles. The van der Waals surface area contributed by atoms with E-state index in [1.807, 2.05) is 48.5 Å². The number of aryl methyl sites for hydroxylation is 1. The Morgan fingerprint density at radius 1 is 1.00 bits per heavy atom. The van der Waals surface area contributed by atoms with Crippen LogP contribution >= 0.6 is 0 Å². The van der Waals surface area contributed by atoms with Crippen molar-refractivity contribution in [1.29, 1.82) is 0 Å². The fourth-order valence-electron chi connectivity index (χ4n) is 8.62. The Hall–Kier alpha value is -5.60. The maximum Gasteiger partial charge on any atom is 0.412 e. The van der Waals surface area contributed by atoms with Crippen molar-refractivity contribution in [3.8, 4) is 16.9 Å². The lowest BCUT2D eigenvalue weighted by atomic mass is 9.82. The van der Waals surface area contributed by atoms with Crippen LogP contribution in [0.3, 0.4) is 0 Å². The van der Waals surface area contributed by atoms with E-state index in [0.29, 0.717) is 37.5 Å². The number of aromatic hydroxyl groups is 1. The summed E-state index contributed by atoms with van der Waals surface area (Å²) in [4.78, 5) is 33.7. The Morgan fingerprint density at radius 3 is 2.49 bits per heavy atom. The average Bonchev–Trinajstić information content (AvgIpc) is 3.65. The maximum atomic E-state index is 13.0. The van der Waals surface area contributed by atoms with Gasteiger partial charge in [-0.2, -0.15) is 15.0 Å². The van der Waals surface area contributed by atoms with Crippen molar-refractivity contribution in [3.63, 3.8) is 0 Å². The van der Waals surface area contributed by atoms with Crippen molar-refractivity contribution in [3.05, 3.63) is 124 Å². The average molecular weight is 840 g/mol. The minimum atomic E-state index is -2.22. The highest BCUT2D eigenvalue weighted by Gasteiger charge is 2.41. The summed E-state index contributed by atoms with van der Waals surface area (Å²) in [6, 6.07) is 29.0. The van der Waals surface area contributed by atoms with E-state index in [1.54, 1.807) is 21.8 Å². The van der Waals surface area contributed by atoms with Crippen LogP contribution in [-0.2, 0) is 17.5 Å². The number of nitrogens with one attached hydrogen (secondary N) is 2. The van der Waals surface area contributed by atoms with Crippen LogP contribution < -0.4 is 15.8 Å². The number of phenolic OH excluding ortho intramolecular Hbond substituents is 1. The third-order valence-electron chi connectivity index (χ3n) is 13.0. The Kier molecular flexibility index (Phi) is 12.0. The Morgan fingerprint density at radius 2 is 1.77 bits per heavy atom. The lowest BCUT2D eigenvalue weighted by molar-refractivity contribution is 0.0838. The topological polar surface area (TPSA) is 149 Å². The van der Waals surface area contributed by atoms with E-state index in [1.165, 1.54) is 6.07 Å². The van der Waals surface area contributed by atoms with Crippen LogP contribution in [0, 0.1) is 5.92 Å². The number of amides is 1. The number of pyridine rings is 1. The zero-order chi connectivity index (χ0) is 42.9. The Labute approximate surface area is 358 Å². The highest BCUT2D eigenvalue weighted by atomic mass is 28.4. The number of hydrogen-bond donors (Lipinski definition) is 4. The third kappa shape index (κ3) is 9.20. The molecule has 2 aromatic heterocycles. The standard InChI is InChI=1S/C48H57N7O5Si/c1-48(2,3)61(4,5)60-44(37-17-20-43(56)46-38(37)18-21-45(57)50-46)30-49-29-33-15-19-39-40(27-33)52-54(51-39)24-10-9-11-32-14-16-36(34-12-7-6-8-13-34)41(28-32)55(47(58)59)42-31-53-25-22-35(42)23-26-53/h6-9,11-21,27-28,35,42,44,49,56H,10,22-26,29-31H2,1-5H3,(H,50,57)(H,58,59)/b11-9+/t42-,44+/m0/s1. The van der Waals surface area contributed by atoms with Crippen molar-refractivity contribution in [2.45, 2.75) is 83.4 Å². The fourth-order valence-corrected chi connectivity index (χ4v) is 9.90. The predicted octanol–water partition coefficient (Wildman–Crippen LogP) is 9.18. The predicted molar refractivity (Wildman–Crippen MR) is 245 cm³/mol. The number of anilines is 1. The van der Waals surface area contributed by atoms with Crippen LogP contribution in [0.4, 0.5) is 10.5 Å². The number of phenols is 1. The first-order valence-corrected chi connectivity index (χ1v) is 24.3. The van der Waals surface area contributed by atoms with E-state index in [2.05, 4.69) is 85.5 Å². The molecule has 4 N–H and O–H groups in total. The number of H-pyrrole nitrogens is 1. The number of carboxylic acid groups (broad SMARTS) is 1. The lowest BCUT2D eigenvalue weighted by Crippen LogP contribution is -2.59. The Balaban J connectivity index is 0.946.